The van der Waals surface area contributed by atoms with Crippen LogP contribution in [0.1, 0.15) is 42.0 Å². The third-order valence-electron chi connectivity index (χ3n) is 5.63. The largest absolute Gasteiger partial charge is 0.328 e. The summed E-state index contributed by atoms with van der Waals surface area (Å²) >= 11 is 5.19. The average Bonchev–Trinajstić information content (AvgIpc) is 3.14. The number of aryl methyl sites for hydroxylation is 1. The van der Waals surface area contributed by atoms with Crippen LogP contribution in [0, 0.1) is 6.92 Å². The van der Waals surface area contributed by atoms with Gasteiger partial charge in [-0.05, 0) is 48.6 Å². The molecule has 0 saturated carbocycles. The third-order valence-corrected chi connectivity index (χ3v) is 7.01. The molecule has 5 rings (SSSR count). The molecule has 0 saturated heterocycles. The number of fused-ring (bicyclic) bond motifs is 1. The van der Waals surface area contributed by atoms with Crippen LogP contribution in [0.3, 0.4) is 0 Å². The number of hydrogen-bond donors (Lipinski definition) is 1. The van der Waals surface area contributed by atoms with Gasteiger partial charge in [-0.1, -0.05) is 64.1 Å². The molecule has 0 amide bonds. The van der Waals surface area contributed by atoms with E-state index >= 15 is 0 Å². The number of Topliss-reactive ketones (excluding diaryl/α,β-unsaturated/α-hetero) is 1. The second kappa shape index (κ2) is 8.04. The number of carbonyl (C=O) groups excluding carboxylic acids is 1. The highest BCUT2D eigenvalue weighted by Gasteiger charge is 2.36. The minimum Gasteiger partial charge on any atom is -0.328 e. The van der Waals surface area contributed by atoms with Crippen molar-refractivity contribution in [2.24, 2.45) is 0 Å². The predicted octanol–water partition coefficient (Wildman–Crippen LogP) is 5.66. The van der Waals surface area contributed by atoms with E-state index in [4.69, 9.17) is 10.1 Å². The lowest BCUT2D eigenvalue weighted by Gasteiger charge is -2.32. The van der Waals surface area contributed by atoms with Crippen molar-refractivity contribution in [1.82, 2.24) is 14.8 Å². The van der Waals surface area contributed by atoms with E-state index in [1.54, 1.807) is 11.8 Å². The maximum Gasteiger partial charge on any atom is 0.227 e. The lowest BCUT2D eigenvalue weighted by molar-refractivity contribution is -0.116. The van der Waals surface area contributed by atoms with Gasteiger partial charge in [0.05, 0.1) is 0 Å². The summed E-state index contributed by atoms with van der Waals surface area (Å²) < 4.78 is 2.86. The van der Waals surface area contributed by atoms with Crippen LogP contribution >= 0.6 is 27.7 Å². The minimum absolute atomic E-state index is 0.198. The second-order valence-electron chi connectivity index (χ2n) is 7.63. The Morgan fingerprint density at radius 1 is 1.20 bits per heavy atom. The number of ketones is 1. The molecule has 1 aliphatic heterocycles. The molecule has 3 aromatic rings. The fourth-order valence-electron chi connectivity index (χ4n) is 4.10. The highest BCUT2D eigenvalue weighted by atomic mass is 79.9. The number of allylic oxidation sites excluding steroid dienone is 2. The molecule has 0 radical (unpaired) electrons. The molecule has 1 N–H and O–H groups in total. The van der Waals surface area contributed by atoms with Crippen LogP contribution in [0.2, 0.25) is 0 Å². The quantitative estimate of drug-likeness (QED) is 0.487. The normalized spacial score (nSPS) is 18.1. The summed E-state index contributed by atoms with van der Waals surface area (Å²) in [6.45, 7) is 2.12. The van der Waals surface area contributed by atoms with Gasteiger partial charge in [-0.3, -0.25) is 4.79 Å². The van der Waals surface area contributed by atoms with Gasteiger partial charge in [-0.15, -0.1) is 5.10 Å². The summed E-state index contributed by atoms with van der Waals surface area (Å²) in [5.74, 6) is 1.72. The minimum atomic E-state index is -0.248. The van der Waals surface area contributed by atoms with Gasteiger partial charge >= 0.3 is 0 Å². The number of aromatic nitrogens is 3. The van der Waals surface area contributed by atoms with Crippen LogP contribution in [-0.4, -0.2) is 20.5 Å². The smallest absolute Gasteiger partial charge is 0.227 e. The Morgan fingerprint density at radius 2 is 2.07 bits per heavy atom. The molecule has 0 fully saturated rings. The zero-order valence-electron chi connectivity index (χ0n) is 16.6. The SMILES string of the molecule is Cc1ccccc1CSc1nc2n(n1)[C@@H](c1cccc(Br)c1)C1=C(CCCC1=O)N2. The fraction of sp³-hybridized carbons (Fsp3) is 0.261. The first-order valence-corrected chi connectivity index (χ1v) is 11.8. The van der Waals surface area contributed by atoms with Crippen molar-refractivity contribution >= 4 is 39.4 Å². The molecular formula is C23H21BrN4OS. The van der Waals surface area contributed by atoms with Crippen molar-refractivity contribution in [2.45, 2.75) is 43.1 Å². The molecule has 1 atom stereocenters. The van der Waals surface area contributed by atoms with Crippen molar-refractivity contribution in [3.8, 4) is 0 Å². The molecular weight excluding hydrogens is 460 g/mol. The molecule has 2 aromatic carbocycles. The van der Waals surface area contributed by atoms with Crippen LogP contribution in [0.15, 0.2) is 69.4 Å². The van der Waals surface area contributed by atoms with E-state index in [0.29, 0.717) is 17.5 Å². The van der Waals surface area contributed by atoms with Gasteiger partial charge in [0.2, 0.25) is 11.1 Å². The molecule has 0 unspecified atom stereocenters. The molecule has 1 aromatic heterocycles. The first kappa shape index (κ1) is 19.6. The molecule has 30 heavy (non-hydrogen) atoms. The Hall–Kier alpha value is -2.38. The summed E-state index contributed by atoms with van der Waals surface area (Å²) in [6.07, 6.45) is 2.33. The van der Waals surface area contributed by atoms with Crippen molar-refractivity contribution in [3.05, 3.63) is 81.0 Å². The number of carbonyl (C=O) groups is 1. The molecule has 5 nitrogen and oxygen atoms in total. The predicted molar refractivity (Wildman–Crippen MR) is 123 cm³/mol. The van der Waals surface area contributed by atoms with Crippen molar-refractivity contribution in [1.29, 1.82) is 0 Å². The lowest BCUT2D eigenvalue weighted by Crippen LogP contribution is -2.31. The van der Waals surface area contributed by atoms with Gasteiger partial charge in [0.15, 0.2) is 5.78 Å². The van der Waals surface area contributed by atoms with E-state index in [9.17, 15) is 4.79 Å². The van der Waals surface area contributed by atoms with Gasteiger partial charge in [0.1, 0.15) is 6.04 Å². The van der Waals surface area contributed by atoms with E-state index in [-0.39, 0.29) is 11.8 Å². The van der Waals surface area contributed by atoms with Crippen LogP contribution in [0.5, 0.6) is 0 Å². The molecule has 2 heterocycles. The maximum atomic E-state index is 12.9. The maximum absolute atomic E-state index is 12.9. The first-order chi connectivity index (χ1) is 14.6. The van der Waals surface area contributed by atoms with Crippen molar-refractivity contribution < 1.29 is 4.79 Å². The fourth-order valence-corrected chi connectivity index (χ4v) is 5.42. The van der Waals surface area contributed by atoms with Crippen molar-refractivity contribution in [2.75, 3.05) is 5.32 Å². The zero-order chi connectivity index (χ0) is 20.7. The van der Waals surface area contributed by atoms with Gasteiger partial charge in [0, 0.05) is 27.9 Å². The third kappa shape index (κ3) is 3.61. The van der Waals surface area contributed by atoms with Gasteiger partial charge in [0.25, 0.3) is 0 Å². The molecule has 7 heteroatoms. The summed E-state index contributed by atoms with van der Waals surface area (Å²) in [5, 5.41) is 8.93. The number of anilines is 1. The summed E-state index contributed by atoms with van der Waals surface area (Å²) in [7, 11) is 0. The highest BCUT2D eigenvalue weighted by molar-refractivity contribution is 9.10. The molecule has 0 spiro atoms. The summed E-state index contributed by atoms with van der Waals surface area (Å²) in [4.78, 5) is 17.6. The number of thioether (sulfide) groups is 1. The molecule has 0 bridgehead atoms. The number of benzene rings is 2. The Balaban J connectivity index is 1.52. The first-order valence-electron chi connectivity index (χ1n) is 10.0. The van der Waals surface area contributed by atoms with E-state index in [1.165, 1.54) is 11.1 Å². The highest BCUT2D eigenvalue weighted by Crippen LogP contribution is 2.41. The van der Waals surface area contributed by atoms with E-state index in [2.05, 4.69) is 64.6 Å². The van der Waals surface area contributed by atoms with E-state index in [1.807, 2.05) is 16.8 Å². The topological polar surface area (TPSA) is 59.8 Å². The van der Waals surface area contributed by atoms with E-state index < -0.39 is 0 Å². The van der Waals surface area contributed by atoms with Gasteiger partial charge in [-0.25, -0.2) is 4.68 Å². The number of nitrogens with zero attached hydrogens (tertiary/aromatic N) is 3. The molecule has 152 valence electrons. The van der Waals surface area contributed by atoms with Crippen LogP contribution in [-0.2, 0) is 10.5 Å². The average molecular weight is 481 g/mol. The second-order valence-corrected chi connectivity index (χ2v) is 9.49. The zero-order valence-corrected chi connectivity index (χ0v) is 19.0. The molecule has 1 aliphatic carbocycles. The summed E-state index contributed by atoms with van der Waals surface area (Å²) in [5.41, 5.74) is 5.40. The Kier molecular flexibility index (Phi) is 5.25. The summed E-state index contributed by atoms with van der Waals surface area (Å²) in [6, 6.07) is 16.2. The standard InChI is InChI=1S/C23H21BrN4OS/c1-14-6-2-3-7-16(14)13-30-23-26-22-25-18-10-5-11-19(29)20(18)21(28(22)27-23)15-8-4-9-17(24)12-15/h2-4,6-9,12,21H,5,10-11,13H2,1H3,(H,25,26,27)/t21-/m0/s1. The van der Waals surface area contributed by atoms with Gasteiger partial charge in [-0.2, -0.15) is 4.98 Å². The Morgan fingerprint density at radius 3 is 2.90 bits per heavy atom. The van der Waals surface area contributed by atoms with Crippen LogP contribution < -0.4 is 5.32 Å². The monoisotopic (exact) mass is 480 g/mol. The number of rotatable bonds is 4. The Labute approximate surface area is 188 Å². The van der Waals surface area contributed by atoms with E-state index in [0.717, 1.165) is 39.9 Å². The number of nitrogens with one attached hydrogen (secondary N) is 1. The number of hydrogen-bond acceptors (Lipinski definition) is 5. The van der Waals surface area contributed by atoms with Crippen molar-refractivity contribution in [3.63, 3.8) is 0 Å². The number of halogens is 1. The lowest BCUT2D eigenvalue weighted by atomic mass is 9.85. The Bertz CT molecular complexity index is 1170. The van der Waals surface area contributed by atoms with Gasteiger partial charge < -0.3 is 5.32 Å². The van der Waals surface area contributed by atoms with Crippen LogP contribution in [0.25, 0.3) is 0 Å². The van der Waals surface area contributed by atoms with Crippen LogP contribution in [0.4, 0.5) is 5.95 Å². The molecule has 2 aliphatic rings.